The van der Waals surface area contributed by atoms with Gasteiger partial charge in [0.25, 0.3) is 0 Å². The molecule has 1 aromatic rings. The Bertz CT molecular complexity index is 429. The van der Waals surface area contributed by atoms with Gasteiger partial charge in [-0.2, -0.15) is 0 Å². The Morgan fingerprint density at radius 1 is 1.35 bits per heavy atom. The summed E-state index contributed by atoms with van der Waals surface area (Å²) >= 11 is 0. The Morgan fingerprint density at radius 2 is 2.00 bits per heavy atom. The zero-order chi connectivity index (χ0) is 14.4. The van der Waals surface area contributed by atoms with Crippen LogP contribution in [-0.4, -0.2) is 42.6 Å². The van der Waals surface area contributed by atoms with E-state index in [1.807, 2.05) is 31.3 Å². The van der Waals surface area contributed by atoms with Crippen LogP contribution in [0, 0.1) is 0 Å². The van der Waals surface area contributed by atoms with E-state index >= 15 is 0 Å². The van der Waals surface area contributed by atoms with E-state index in [1.54, 1.807) is 7.11 Å². The molecule has 0 radical (unpaired) electrons. The van der Waals surface area contributed by atoms with Crippen LogP contribution in [0.1, 0.15) is 24.4 Å². The van der Waals surface area contributed by atoms with Crippen molar-refractivity contribution in [2.45, 2.75) is 24.1 Å². The highest BCUT2D eigenvalue weighted by atomic mass is 32.2. The van der Waals surface area contributed by atoms with Crippen LogP contribution in [0.4, 0.5) is 0 Å². The molecule has 1 fully saturated rings. The summed E-state index contributed by atoms with van der Waals surface area (Å²) in [4.78, 5) is 0. The molecule has 1 N–H and O–H groups in total. The van der Waals surface area contributed by atoms with Crippen LogP contribution in [0.5, 0.6) is 5.75 Å². The summed E-state index contributed by atoms with van der Waals surface area (Å²) in [5, 5.41) is 3.54. The second kappa shape index (κ2) is 7.76. The van der Waals surface area contributed by atoms with Gasteiger partial charge in [-0.25, -0.2) is 0 Å². The fourth-order valence-electron chi connectivity index (χ4n) is 2.42. The third-order valence-corrected chi connectivity index (χ3v) is 5.61. The van der Waals surface area contributed by atoms with Crippen molar-refractivity contribution in [3.63, 3.8) is 0 Å². The zero-order valence-electron chi connectivity index (χ0n) is 12.1. The number of ether oxygens (including phenoxy) is 2. The molecule has 2 atom stereocenters. The van der Waals surface area contributed by atoms with Crippen molar-refractivity contribution in [3.05, 3.63) is 29.8 Å². The highest BCUT2D eigenvalue weighted by molar-refractivity contribution is 7.85. The molecule has 2 unspecified atom stereocenters. The lowest BCUT2D eigenvalue weighted by Crippen LogP contribution is -2.31. The van der Waals surface area contributed by atoms with Crippen LogP contribution < -0.4 is 10.1 Å². The van der Waals surface area contributed by atoms with Gasteiger partial charge < -0.3 is 14.8 Å². The maximum atomic E-state index is 12.5. The summed E-state index contributed by atoms with van der Waals surface area (Å²) in [6.07, 6.45) is 1.82. The molecule has 4 nitrogen and oxygen atoms in total. The van der Waals surface area contributed by atoms with Gasteiger partial charge in [-0.1, -0.05) is 12.1 Å². The van der Waals surface area contributed by atoms with Crippen LogP contribution in [0.25, 0.3) is 0 Å². The van der Waals surface area contributed by atoms with Crippen LogP contribution in [0.2, 0.25) is 0 Å². The number of rotatable bonds is 6. The third-order valence-electron chi connectivity index (χ3n) is 3.74. The molecular formula is C15H23NO3S. The quantitative estimate of drug-likeness (QED) is 0.871. The number of hydrogen-bond donors (Lipinski definition) is 1. The van der Waals surface area contributed by atoms with Crippen LogP contribution >= 0.6 is 0 Å². The van der Waals surface area contributed by atoms with Gasteiger partial charge in [0, 0.05) is 41.1 Å². The molecule has 5 heteroatoms. The van der Waals surface area contributed by atoms with E-state index in [4.69, 9.17) is 9.47 Å². The van der Waals surface area contributed by atoms with E-state index in [0.29, 0.717) is 5.75 Å². The van der Waals surface area contributed by atoms with E-state index < -0.39 is 10.8 Å². The predicted molar refractivity (Wildman–Crippen MR) is 81.6 cm³/mol. The summed E-state index contributed by atoms with van der Waals surface area (Å²) in [6.45, 7) is 1.48. The van der Waals surface area contributed by atoms with Crippen molar-refractivity contribution in [2.24, 2.45) is 0 Å². The first-order valence-electron chi connectivity index (χ1n) is 7.00. The Balaban J connectivity index is 1.98. The summed E-state index contributed by atoms with van der Waals surface area (Å²) in [6, 6.07) is 8.06. The maximum Gasteiger partial charge on any atom is 0.118 e. The van der Waals surface area contributed by atoms with Crippen molar-refractivity contribution >= 4 is 10.8 Å². The van der Waals surface area contributed by atoms with E-state index in [2.05, 4.69) is 5.32 Å². The summed E-state index contributed by atoms with van der Waals surface area (Å²) in [5.74, 6) is 1.49. The van der Waals surface area contributed by atoms with Crippen molar-refractivity contribution in [1.29, 1.82) is 0 Å². The molecule has 2 rings (SSSR count). The van der Waals surface area contributed by atoms with Gasteiger partial charge in [-0.05, 0) is 37.6 Å². The molecule has 1 aliphatic rings. The molecule has 20 heavy (non-hydrogen) atoms. The maximum absolute atomic E-state index is 12.5. The minimum atomic E-state index is -0.818. The Labute approximate surface area is 123 Å². The Hall–Kier alpha value is -0.910. The minimum Gasteiger partial charge on any atom is -0.497 e. The molecule has 0 aromatic heterocycles. The molecule has 0 saturated carbocycles. The molecule has 1 heterocycles. The Morgan fingerprint density at radius 3 is 2.55 bits per heavy atom. The van der Waals surface area contributed by atoms with Crippen LogP contribution in [-0.2, 0) is 15.5 Å². The van der Waals surface area contributed by atoms with Crippen LogP contribution in [0.3, 0.4) is 0 Å². The molecule has 0 amide bonds. The topological polar surface area (TPSA) is 47.6 Å². The van der Waals surface area contributed by atoms with Crippen LogP contribution in [0.15, 0.2) is 24.3 Å². The van der Waals surface area contributed by atoms with Crippen molar-refractivity contribution in [3.8, 4) is 5.75 Å². The fourth-order valence-corrected chi connectivity index (χ4v) is 4.10. The van der Waals surface area contributed by atoms with E-state index in [1.165, 1.54) is 0 Å². The van der Waals surface area contributed by atoms with E-state index in [-0.39, 0.29) is 11.3 Å². The lowest BCUT2D eigenvalue weighted by atomic mass is 10.1. The van der Waals surface area contributed by atoms with E-state index in [9.17, 15) is 4.21 Å². The molecule has 0 spiro atoms. The second-order valence-corrected chi connectivity index (χ2v) is 6.74. The van der Waals surface area contributed by atoms with Gasteiger partial charge in [0.1, 0.15) is 5.75 Å². The first-order valence-corrected chi connectivity index (χ1v) is 8.39. The third kappa shape index (κ3) is 4.04. The molecule has 1 aromatic carbocycles. The smallest absolute Gasteiger partial charge is 0.118 e. The standard InChI is InChI=1S/C15H23NO3S/c1-16-15(12-3-5-13(18-2)6-4-12)11-20(17)14-7-9-19-10-8-14/h3-6,14-16H,7-11H2,1-2H3. The molecule has 0 bridgehead atoms. The average molecular weight is 297 g/mol. The SMILES string of the molecule is CNC(CS(=O)C1CCOCC1)c1ccc(OC)cc1. The van der Waals surface area contributed by atoms with Gasteiger partial charge in [-0.15, -0.1) is 0 Å². The molecule has 1 saturated heterocycles. The summed E-state index contributed by atoms with van der Waals surface area (Å²) < 4.78 is 22.9. The van der Waals surface area contributed by atoms with Crippen molar-refractivity contribution in [1.82, 2.24) is 5.32 Å². The zero-order valence-corrected chi connectivity index (χ0v) is 12.9. The van der Waals surface area contributed by atoms with Gasteiger partial charge in [0.05, 0.1) is 7.11 Å². The number of methoxy groups -OCH3 is 1. The summed E-state index contributed by atoms with van der Waals surface area (Å²) in [5.41, 5.74) is 1.15. The molecule has 1 aliphatic heterocycles. The first kappa shape index (κ1) is 15.5. The molecular weight excluding hydrogens is 274 g/mol. The first-order chi connectivity index (χ1) is 9.74. The largest absolute Gasteiger partial charge is 0.497 e. The number of nitrogens with one attached hydrogen (secondary N) is 1. The predicted octanol–water partition coefficient (Wildman–Crippen LogP) is 1.88. The molecule has 112 valence electrons. The van der Waals surface area contributed by atoms with Crippen molar-refractivity contribution < 1.29 is 13.7 Å². The minimum absolute atomic E-state index is 0.115. The summed E-state index contributed by atoms with van der Waals surface area (Å²) in [7, 11) is 2.75. The number of hydrogen-bond acceptors (Lipinski definition) is 4. The van der Waals surface area contributed by atoms with E-state index in [0.717, 1.165) is 37.4 Å². The van der Waals surface area contributed by atoms with Gasteiger partial charge in [0.15, 0.2) is 0 Å². The van der Waals surface area contributed by atoms with Gasteiger partial charge >= 0.3 is 0 Å². The lowest BCUT2D eigenvalue weighted by molar-refractivity contribution is 0.0992. The lowest BCUT2D eigenvalue weighted by Gasteiger charge is -2.24. The highest BCUT2D eigenvalue weighted by Gasteiger charge is 2.23. The normalized spacial score (nSPS) is 19.5. The van der Waals surface area contributed by atoms with Gasteiger partial charge in [0.2, 0.25) is 0 Å². The number of benzene rings is 1. The fraction of sp³-hybridized carbons (Fsp3) is 0.600. The second-order valence-electron chi connectivity index (χ2n) is 4.97. The molecule has 0 aliphatic carbocycles. The van der Waals surface area contributed by atoms with Gasteiger partial charge in [-0.3, -0.25) is 4.21 Å². The average Bonchev–Trinajstić information content (AvgIpc) is 2.53. The highest BCUT2D eigenvalue weighted by Crippen LogP contribution is 2.21. The monoisotopic (exact) mass is 297 g/mol. The van der Waals surface area contributed by atoms with Crippen molar-refractivity contribution in [2.75, 3.05) is 33.1 Å². The Kier molecular flexibility index (Phi) is 6.01.